The van der Waals surface area contributed by atoms with E-state index in [2.05, 4.69) is 40.0 Å². The Balaban J connectivity index is 0.00000392. The van der Waals surface area contributed by atoms with Gasteiger partial charge >= 0.3 is 0 Å². The number of guanidine groups is 1. The van der Waals surface area contributed by atoms with Gasteiger partial charge in [0.1, 0.15) is 0 Å². The van der Waals surface area contributed by atoms with E-state index in [-0.39, 0.29) is 24.0 Å². The number of piperidine rings is 1. The number of ether oxygens (including phenoxy) is 2. The molecule has 2 rings (SSSR count). The number of thiophene rings is 1. The summed E-state index contributed by atoms with van der Waals surface area (Å²) in [6.45, 7) is 10.2. The first-order valence-electron chi connectivity index (χ1n) is 10.2. The molecule has 1 atom stereocenters. The molecule has 0 saturated carbocycles. The summed E-state index contributed by atoms with van der Waals surface area (Å²) in [5, 5.41) is 8.93. The number of nitrogens with one attached hydrogen (secondary N) is 2. The molecular weight excluding hydrogens is 487 g/mol. The minimum absolute atomic E-state index is 0. The number of rotatable bonds is 12. The Bertz CT molecular complexity index is 516. The third-order valence-electron chi connectivity index (χ3n) is 4.60. The van der Waals surface area contributed by atoms with E-state index in [1.165, 1.54) is 24.3 Å². The highest BCUT2D eigenvalue weighted by molar-refractivity contribution is 14.0. The van der Waals surface area contributed by atoms with Crippen LogP contribution in [0.4, 0.5) is 0 Å². The maximum absolute atomic E-state index is 5.50. The van der Waals surface area contributed by atoms with Crippen molar-refractivity contribution in [3.63, 3.8) is 0 Å². The summed E-state index contributed by atoms with van der Waals surface area (Å²) in [4.78, 5) is 8.86. The third-order valence-corrected chi connectivity index (χ3v) is 5.47. The lowest BCUT2D eigenvalue weighted by atomic mass is 9.98. The fourth-order valence-electron chi connectivity index (χ4n) is 3.25. The average Bonchev–Trinajstić information content (AvgIpc) is 3.18. The van der Waals surface area contributed by atoms with Crippen LogP contribution in [0.3, 0.4) is 0 Å². The molecule has 0 spiro atoms. The van der Waals surface area contributed by atoms with Gasteiger partial charge in [-0.3, -0.25) is 9.89 Å². The minimum atomic E-state index is 0. The summed E-state index contributed by atoms with van der Waals surface area (Å²) >= 11 is 1.85. The van der Waals surface area contributed by atoms with Crippen LogP contribution in [0.2, 0.25) is 0 Å². The van der Waals surface area contributed by atoms with Crippen molar-refractivity contribution < 1.29 is 9.47 Å². The maximum atomic E-state index is 5.50. The molecule has 0 bridgehead atoms. The van der Waals surface area contributed by atoms with Crippen LogP contribution in [0.1, 0.15) is 31.1 Å². The predicted octanol–water partition coefficient (Wildman–Crippen LogP) is 3.19. The average molecular weight is 525 g/mol. The molecule has 1 saturated heterocycles. The van der Waals surface area contributed by atoms with E-state index in [0.717, 1.165) is 51.7 Å². The van der Waals surface area contributed by atoms with Crippen molar-refractivity contribution in [2.45, 2.75) is 32.7 Å². The molecule has 1 unspecified atom stereocenters. The number of methoxy groups -OCH3 is 1. The van der Waals surface area contributed by atoms with Crippen molar-refractivity contribution in [2.24, 2.45) is 10.9 Å². The SMILES string of the molecule is CCNC(=NCC1CCCN(Cc2cccs2)C1)NCCCOCCOC.I. The third kappa shape index (κ3) is 10.9. The Morgan fingerprint density at radius 2 is 2.21 bits per heavy atom. The first kappa shape index (κ1) is 25.6. The first-order valence-corrected chi connectivity index (χ1v) is 11.0. The van der Waals surface area contributed by atoms with Gasteiger partial charge in [0.25, 0.3) is 0 Å². The Morgan fingerprint density at radius 3 is 2.96 bits per heavy atom. The van der Waals surface area contributed by atoms with Gasteiger partial charge in [-0.1, -0.05) is 6.07 Å². The smallest absolute Gasteiger partial charge is 0.191 e. The zero-order chi connectivity index (χ0) is 19.2. The molecule has 0 aliphatic carbocycles. The van der Waals surface area contributed by atoms with Gasteiger partial charge in [-0.25, -0.2) is 0 Å². The fourth-order valence-corrected chi connectivity index (χ4v) is 4.00. The van der Waals surface area contributed by atoms with Crippen LogP contribution in [0.25, 0.3) is 0 Å². The summed E-state index contributed by atoms with van der Waals surface area (Å²) < 4.78 is 10.5. The van der Waals surface area contributed by atoms with Gasteiger partial charge in [0, 0.05) is 51.3 Å². The molecule has 1 fully saturated rings. The van der Waals surface area contributed by atoms with E-state index in [1.54, 1.807) is 7.11 Å². The second kappa shape index (κ2) is 16.4. The van der Waals surface area contributed by atoms with Gasteiger partial charge in [-0.2, -0.15) is 0 Å². The summed E-state index contributed by atoms with van der Waals surface area (Å²) in [6.07, 6.45) is 3.51. The molecule has 2 N–H and O–H groups in total. The second-order valence-electron chi connectivity index (χ2n) is 6.93. The Morgan fingerprint density at radius 1 is 1.32 bits per heavy atom. The highest BCUT2D eigenvalue weighted by Crippen LogP contribution is 2.20. The van der Waals surface area contributed by atoms with Crippen LogP contribution in [0.5, 0.6) is 0 Å². The van der Waals surface area contributed by atoms with Crippen LogP contribution >= 0.6 is 35.3 Å². The minimum Gasteiger partial charge on any atom is -0.382 e. The molecule has 28 heavy (non-hydrogen) atoms. The number of hydrogen-bond acceptors (Lipinski definition) is 5. The van der Waals surface area contributed by atoms with Crippen LogP contribution in [-0.4, -0.2) is 70.5 Å². The number of hydrogen-bond donors (Lipinski definition) is 2. The maximum Gasteiger partial charge on any atom is 0.191 e. The fraction of sp³-hybridized carbons (Fsp3) is 0.750. The Kier molecular flexibility index (Phi) is 15.0. The quantitative estimate of drug-likeness (QED) is 0.191. The molecule has 1 aliphatic heterocycles. The summed E-state index contributed by atoms with van der Waals surface area (Å²) in [5.74, 6) is 1.57. The molecule has 1 aromatic heterocycles. The lowest BCUT2D eigenvalue weighted by molar-refractivity contribution is 0.0698. The zero-order valence-corrected chi connectivity index (χ0v) is 20.5. The summed E-state index contributed by atoms with van der Waals surface area (Å²) in [6, 6.07) is 4.38. The van der Waals surface area contributed by atoms with E-state index in [0.29, 0.717) is 19.1 Å². The van der Waals surface area contributed by atoms with E-state index >= 15 is 0 Å². The Labute approximate surface area is 191 Å². The molecule has 6 nitrogen and oxygen atoms in total. The molecule has 2 heterocycles. The summed E-state index contributed by atoms with van der Waals surface area (Å²) in [7, 11) is 1.69. The molecule has 0 aromatic carbocycles. The summed E-state index contributed by atoms with van der Waals surface area (Å²) in [5.41, 5.74) is 0. The molecule has 162 valence electrons. The molecule has 0 radical (unpaired) electrons. The van der Waals surface area contributed by atoms with Crippen molar-refractivity contribution in [1.29, 1.82) is 0 Å². The van der Waals surface area contributed by atoms with Crippen LogP contribution in [-0.2, 0) is 16.0 Å². The molecule has 0 amide bonds. The number of likely N-dealkylation sites (tertiary alicyclic amines) is 1. The molecule has 1 aliphatic rings. The predicted molar refractivity (Wildman–Crippen MR) is 129 cm³/mol. The molecule has 8 heteroatoms. The standard InChI is InChI=1S/C20H36N4O2S.HI/c1-3-21-20(22-9-6-11-26-13-12-25-2)23-15-18-7-4-10-24(16-18)17-19-8-5-14-27-19;/h5,8,14,18H,3-4,6-7,9-13,15-17H2,1-2H3,(H2,21,22,23);1H. The highest BCUT2D eigenvalue weighted by atomic mass is 127. The van der Waals surface area contributed by atoms with Crippen molar-refractivity contribution in [1.82, 2.24) is 15.5 Å². The monoisotopic (exact) mass is 524 g/mol. The van der Waals surface area contributed by atoms with E-state index < -0.39 is 0 Å². The Hall–Kier alpha value is -0.420. The van der Waals surface area contributed by atoms with E-state index in [4.69, 9.17) is 14.5 Å². The topological polar surface area (TPSA) is 58.1 Å². The van der Waals surface area contributed by atoms with Gasteiger partial charge in [-0.15, -0.1) is 35.3 Å². The van der Waals surface area contributed by atoms with Gasteiger partial charge in [0.05, 0.1) is 13.2 Å². The van der Waals surface area contributed by atoms with Gasteiger partial charge in [-0.05, 0) is 50.1 Å². The van der Waals surface area contributed by atoms with Crippen LogP contribution in [0.15, 0.2) is 22.5 Å². The zero-order valence-electron chi connectivity index (χ0n) is 17.3. The van der Waals surface area contributed by atoms with Crippen molar-refractivity contribution >= 4 is 41.3 Å². The lowest BCUT2D eigenvalue weighted by Crippen LogP contribution is -2.40. The van der Waals surface area contributed by atoms with Crippen LogP contribution in [0, 0.1) is 5.92 Å². The lowest BCUT2D eigenvalue weighted by Gasteiger charge is -2.31. The number of nitrogens with zero attached hydrogens (tertiary/aromatic N) is 2. The van der Waals surface area contributed by atoms with Crippen molar-refractivity contribution in [2.75, 3.05) is 59.7 Å². The highest BCUT2D eigenvalue weighted by Gasteiger charge is 2.20. The van der Waals surface area contributed by atoms with Gasteiger partial charge in [0.2, 0.25) is 0 Å². The van der Waals surface area contributed by atoms with Crippen molar-refractivity contribution in [3.05, 3.63) is 22.4 Å². The second-order valence-corrected chi connectivity index (χ2v) is 7.96. The molecule has 1 aromatic rings. The van der Waals surface area contributed by atoms with Crippen molar-refractivity contribution in [3.8, 4) is 0 Å². The van der Waals surface area contributed by atoms with Gasteiger partial charge in [0.15, 0.2) is 5.96 Å². The van der Waals surface area contributed by atoms with E-state index in [1.807, 2.05) is 11.3 Å². The van der Waals surface area contributed by atoms with Crippen LogP contribution < -0.4 is 10.6 Å². The first-order chi connectivity index (χ1) is 13.3. The van der Waals surface area contributed by atoms with E-state index in [9.17, 15) is 0 Å². The molecular formula is C20H37IN4O2S. The number of aliphatic imine (C=N–C) groups is 1. The van der Waals surface area contributed by atoms with Gasteiger partial charge < -0.3 is 20.1 Å². The largest absolute Gasteiger partial charge is 0.382 e. The normalized spacial score (nSPS) is 17.9. The number of halogens is 1.